The van der Waals surface area contributed by atoms with Crippen LogP contribution in [0.1, 0.15) is 20.3 Å². The van der Waals surface area contributed by atoms with Crippen LogP contribution in [-0.4, -0.2) is 21.6 Å². The van der Waals surface area contributed by atoms with Crippen molar-refractivity contribution >= 4 is 27.8 Å². The van der Waals surface area contributed by atoms with Crippen molar-refractivity contribution in [1.29, 1.82) is 5.41 Å². The van der Waals surface area contributed by atoms with Gasteiger partial charge in [-0.15, -0.1) is 0 Å². The summed E-state index contributed by atoms with van der Waals surface area (Å²) in [7, 11) is 0. The Labute approximate surface area is 80.2 Å². The molecule has 1 aliphatic rings. The minimum absolute atomic E-state index is 0.348. The zero-order valence-corrected chi connectivity index (χ0v) is 8.27. The van der Waals surface area contributed by atoms with E-state index in [1.807, 2.05) is 13.8 Å². The van der Waals surface area contributed by atoms with E-state index in [-0.39, 0.29) is 5.60 Å². The van der Waals surface area contributed by atoms with Gasteiger partial charge in [-0.05, 0) is 25.6 Å². The van der Waals surface area contributed by atoms with Crippen molar-refractivity contribution in [2.45, 2.75) is 25.9 Å². The van der Waals surface area contributed by atoms with E-state index < -0.39 is 11.0 Å². The topological polar surface area (TPSA) is 88.5 Å². The molecule has 0 saturated carbocycles. The Morgan fingerprint density at radius 1 is 1.77 bits per heavy atom. The molecule has 0 amide bonds. The molecule has 0 spiro atoms. The molecule has 1 aliphatic heterocycles. The van der Waals surface area contributed by atoms with Crippen molar-refractivity contribution < 1.29 is 9.63 Å². The van der Waals surface area contributed by atoms with Crippen molar-refractivity contribution in [3.63, 3.8) is 0 Å². The molecule has 13 heavy (non-hydrogen) atoms. The Hall–Kier alpha value is -1.04. The molecule has 1 heterocycles. The molecule has 0 aliphatic carbocycles. The van der Waals surface area contributed by atoms with E-state index >= 15 is 0 Å². The fourth-order valence-corrected chi connectivity index (χ4v) is 1.64. The highest BCUT2D eigenvalue weighted by Crippen LogP contribution is 2.27. The summed E-state index contributed by atoms with van der Waals surface area (Å²) in [6.07, 6.45) is 0.580. The van der Waals surface area contributed by atoms with E-state index in [4.69, 9.17) is 16.0 Å². The number of thioether (sulfide) groups is 1. The smallest absolute Gasteiger partial charge is 0.259 e. The summed E-state index contributed by atoms with van der Waals surface area (Å²) in [5, 5.41) is 10.7. The van der Waals surface area contributed by atoms with Crippen LogP contribution >= 0.6 is 11.8 Å². The lowest BCUT2D eigenvalue weighted by molar-refractivity contribution is -0.105. The quantitative estimate of drug-likeness (QED) is 0.446. The van der Waals surface area contributed by atoms with Gasteiger partial charge in [0.05, 0.1) is 0 Å². The van der Waals surface area contributed by atoms with Crippen LogP contribution in [0, 0.1) is 5.41 Å². The molecule has 72 valence electrons. The van der Waals surface area contributed by atoms with E-state index in [0.717, 1.165) is 11.8 Å². The van der Waals surface area contributed by atoms with Gasteiger partial charge in [0.15, 0.2) is 5.84 Å². The highest BCUT2D eigenvalue weighted by molar-refractivity contribution is 8.27. The van der Waals surface area contributed by atoms with Gasteiger partial charge in [0.25, 0.3) is 5.12 Å². The first-order valence-corrected chi connectivity index (χ1v) is 4.53. The fourth-order valence-electron chi connectivity index (χ4n) is 0.820. The van der Waals surface area contributed by atoms with Crippen LogP contribution in [0.15, 0.2) is 5.16 Å². The summed E-state index contributed by atoms with van der Waals surface area (Å²) in [6.45, 7) is 3.75. The van der Waals surface area contributed by atoms with Crippen molar-refractivity contribution in [3.05, 3.63) is 0 Å². The largest absolute Gasteiger partial charge is 0.389 e. The molecule has 0 aromatic heterocycles. The van der Waals surface area contributed by atoms with Crippen LogP contribution in [0.5, 0.6) is 0 Å². The average Bonchev–Trinajstić information content (AvgIpc) is 2.30. The third-order valence-electron chi connectivity index (χ3n) is 1.40. The molecule has 0 bridgehead atoms. The van der Waals surface area contributed by atoms with Crippen LogP contribution in [-0.2, 0) is 9.63 Å². The molecule has 3 N–H and O–H groups in total. The minimum atomic E-state index is -0.486. The molecular weight excluding hydrogens is 190 g/mol. The molecule has 0 atom stereocenters. The number of nitrogens with two attached hydrogens (primary N) is 1. The van der Waals surface area contributed by atoms with Gasteiger partial charge in [-0.25, -0.2) is 0 Å². The van der Waals surface area contributed by atoms with Crippen LogP contribution in [0.25, 0.3) is 0 Å². The Kier molecular flexibility index (Phi) is 2.60. The van der Waals surface area contributed by atoms with Crippen molar-refractivity contribution in [2.24, 2.45) is 10.9 Å². The summed E-state index contributed by atoms with van der Waals surface area (Å²) in [5.74, 6) is -0.461. The molecule has 0 aromatic carbocycles. The standard InChI is InChI=1S/C7H11N3O2S/c1-7(2)3-4(10-12-7)13-6(11)5(8)9/h3H2,1-2H3,(H3,8,9). The van der Waals surface area contributed by atoms with E-state index in [1.165, 1.54) is 0 Å². The van der Waals surface area contributed by atoms with Gasteiger partial charge < -0.3 is 10.6 Å². The van der Waals surface area contributed by atoms with Gasteiger partial charge >= 0.3 is 0 Å². The number of amidine groups is 1. The number of carbonyl (C=O) groups is 1. The van der Waals surface area contributed by atoms with Crippen LogP contribution in [0.2, 0.25) is 0 Å². The second-order valence-corrected chi connectivity index (χ2v) is 4.36. The van der Waals surface area contributed by atoms with Gasteiger partial charge in [0.1, 0.15) is 10.6 Å². The number of hydrogen-bond acceptors (Lipinski definition) is 5. The Morgan fingerprint density at radius 3 is 2.77 bits per heavy atom. The molecule has 0 saturated heterocycles. The molecule has 0 fully saturated rings. The molecule has 0 unspecified atom stereocenters. The van der Waals surface area contributed by atoms with Gasteiger partial charge in [0, 0.05) is 6.42 Å². The van der Waals surface area contributed by atoms with E-state index in [0.29, 0.717) is 11.5 Å². The maximum atomic E-state index is 11.0. The average molecular weight is 201 g/mol. The number of nitrogens with one attached hydrogen (secondary N) is 1. The fraction of sp³-hybridized carbons (Fsp3) is 0.571. The number of carbonyl (C=O) groups excluding carboxylic acids is 1. The lowest BCUT2D eigenvalue weighted by atomic mass is 10.1. The second-order valence-electron chi connectivity index (χ2n) is 3.32. The van der Waals surface area contributed by atoms with Crippen LogP contribution in [0.4, 0.5) is 0 Å². The first-order chi connectivity index (χ1) is 5.91. The van der Waals surface area contributed by atoms with E-state index in [9.17, 15) is 4.79 Å². The highest BCUT2D eigenvalue weighted by Gasteiger charge is 2.30. The summed E-state index contributed by atoms with van der Waals surface area (Å²) in [6, 6.07) is 0. The zero-order chi connectivity index (χ0) is 10.1. The summed E-state index contributed by atoms with van der Waals surface area (Å²) in [5.41, 5.74) is 4.65. The molecule has 6 heteroatoms. The summed E-state index contributed by atoms with van der Waals surface area (Å²) in [4.78, 5) is 16.0. The molecule has 0 radical (unpaired) electrons. The molecular formula is C7H11N3O2S. The normalized spacial score (nSPS) is 19.1. The lowest BCUT2D eigenvalue weighted by Gasteiger charge is -2.12. The van der Waals surface area contributed by atoms with Gasteiger partial charge in [-0.3, -0.25) is 10.2 Å². The number of oxime groups is 1. The second kappa shape index (κ2) is 3.37. The molecule has 1 rings (SSSR count). The summed E-state index contributed by atoms with van der Waals surface area (Å²) < 4.78 is 0. The third kappa shape index (κ3) is 2.73. The van der Waals surface area contributed by atoms with Gasteiger partial charge in [-0.2, -0.15) is 0 Å². The Morgan fingerprint density at radius 2 is 2.38 bits per heavy atom. The predicted octanol–water partition coefficient (Wildman–Crippen LogP) is 0.695. The number of hydrogen-bond donors (Lipinski definition) is 2. The Bertz CT molecular complexity index is 285. The maximum absolute atomic E-state index is 11.0. The molecule has 5 nitrogen and oxygen atoms in total. The van der Waals surface area contributed by atoms with Crippen molar-refractivity contribution in [1.82, 2.24) is 0 Å². The van der Waals surface area contributed by atoms with Crippen molar-refractivity contribution in [2.75, 3.05) is 0 Å². The highest BCUT2D eigenvalue weighted by atomic mass is 32.2. The maximum Gasteiger partial charge on any atom is 0.259 e. The lowest BCUT2D eigenvalue weighted by Crippen LogP contribution is -2.22. The third-order valence-corrected chi connectivity index (χ3v) is 2.26. The predicted molar refractivity (Wildman–Crippen MR) is 51.7 cm³/mol. The zero-order valence-electron chi connectivity index (χ0n) is 7.46. The molecule has 0 aromatic rings. The number of rotatable bonds is 0. The number of nitrogens with zero attached hydrogens (tertiary/aromatic N) is 1. The van der Waals surface area contributed by atoms with E-state index in [1.54, 1.807) is 0 Å². The van der Waals surface area contributed by atoms with Crippen LogP contribution in [0.3, 0.4) is 0 Å². The SMILES string of the molecule is CC1(C)CC(SC(=O)C(=N)N)=NO1. The monoisotopic (exact) mass is 201 g/mol. The summed E-state index contributed by atoms with van der Waals surface area (Å²) >= 11 is 0.854. The van der Waals surface area contributed by atoms with Crippen molar-refractivity contribution in [3.8, 4) is 0 Å². The van der Waals surface area contributed by atoms with Gasteiger partial charge in [-0.1, -0.05) is 5.16 Å². The first-order valence-electron chi connectivity index (χ1n) is 3.72. The minimum Gasteiger partial charge on any atom is -0.389 e. The van der Waals surface area contributed by atoms with Gasteiger partial charge in [0.2, 0.25) is 0 Å². The van der Waals surface area contributed by atoms with E-state index in [2.05, 4.69) is 5.16 Å². The first kappa shape index (κ1) is 10.0. The Balaban J connectivity index is 2.50. The van der Waals surface area contributed by atoms with Crippen LogP contribution < -0.4 is 5.73 Å².